The van der Waals surface area contributed by atoms with Crippen molar-refractivity contribution in [3.63, 3.8) is 0 Å². The van der Waals surface area contributed by atoms with Gasteiger partial charge >= 0.3 is 0 Å². The molecule has 1 atom stereocenters. The van der Waals surface area contributed by atoms with Gasteiger partial charge in [0.25, 0.3) is 0 Å². The molecule has 3 heterocycles. The molecule has 104 valence electrons. The standard InChI is InChI=1S/C17H15N3O/c18-9-13-5-7-19-10-16(13)20-8-6-17(12-20)15-4-2-1-3-14(15)11-21-17/h1-5,7,10H,6,8,11-12H2. The van der Waals surface area contributed by atoms with E-state index in [2.05, 4.69) is 40.2 Å². The van der Waals surface area contributed by atoms with Crippen LogP contribution in [0.25, 0.3) is 0 Å². The summed E-state index contributed by atoms with van der Waals surface area (Å²) in [5.41, 5.74) is 3.94. The number of ether oxygens (including phenoxy) is 1. The van der Waals surface area contributed by atoms with E-state index in [1.165, 1.54) is 11.1 Å². The van der Waals surface area contributed by atoms with Crippen LogP contribution in [0.1, 0.15) is 23.1 Å². The summed E-state index contributed by atoms with van der Waals surface area (Å²) in [4.78, 5) is 6.38. The van der Waals surface area contributed by atoms with Crippen LogP contribution in [0.4, 0.5) is 5.69 Å². The predicted octanol–water partition coefficient (Wildman–Crippen LogP) is 2.59. The van der Waals surface area contributed by atoms with Gasteiger partial charge in [-0.3, -0.25) is 4.98 Å². The SMILES string of the molecule is N#Cc1ccncc1N1CCC2(C1)OCc1ccccc12. The van der Waals surface area contributed by atoms with Crippen LogP contribution < -0.4 is 4.90 Å². The summed E-state index contributed by atoms with van der Waals surface area (Å²) < 4.78 is 6.15. The van der Waals surface area contributed by atoms with Gasteiger partial charge in [-0.2, -0.15) is 5.26 Å². The lowest BCUT2D eigenvalue weighted by Gasteiger charge is -2.25. The number of nitrogens with zero attached hydrogens (tertiary/aromatic N) is 3. The van der Waals surface area contributed by atoms with E-state index in [1.54, 1.807) is 18.5 Å². The molecule has 0 bridgehead atoms. The third-order valence-corrected chi connectivity index (χ3v) is 4.51. The molecule has 1 unspecified atom stereocenters. The molecule has 0 N–H and O–H groups in total. The zero-order chi connectivity index (χ0) is 14.3. The van der Waals surface area contributed by atoms with Gasteiger partial charge in [0.05, 0.1) is 30.6 Å². The van der Waals surface area contributed by atoms with E-state index >= 15 is 0 Å². The van der Waals surface area contributed by atoms with E-state index in [4.69, 9.17) is 4.74 Å². The van der Waals surface area contributed by atoms with Crippen molar-refractivity contribution in [3.8, 4) is 6.07 Å². The summed E-state index contributed by atoms with van der Waals surface area (Å²) in [6.07, 6.45) is 4.39. The van der Waals surface area contributed by atoms with E-state index in [0.717, 1.165) is 25.2 Å². The minimum Gasteiger partial charge on any atom is -0.366 e. The molecule has 1 aromatic carbocycles. The van der Waals surface area contributed by atoms with Gasteiger partial charge in [-0.05, 0) is 23.6 Å². The van der Waals surface area contributed by atoms with Gasteiger partial charge in [0.1, 0.15) is 11.7 Å². The van der Waals surface area contributed by atoms with E-state index in [1.807, 2.05) is 0 Å². The Balaban J connectivity index is 1.69. The van der Waals surface area contributed by atoms with E-state index in [-0.39, 0.29) is 5.60 Å². The average Bonchev–Trinajstić information content (AvgIpc) is 3.14. The normalized spacial score (nSPS) is 23.3. The lowest BCUT2D eigenvalue weighted by atomic mass is 9.92. The molecular weight excluding hydrogens is 262 g/mol. The van der Waals surface area contributed by atoms with Crippen LogP contribution in [-0.2, 0) is 16.9 Å². The maximum atomic E-state index is 9.26. The molecule has 0 radical (unpaired) electrons. The fourth-order valence-corrected chi connectivity index (χ4v) is 3.44. The number of hydrogen-bond donors (Lipinski definition) is 0. The quantitative estimate of drug-likeness (QED) is 0.804. The Morgan fingerprint density at radius 2 is 2.19 bits per heavy atom. The Hall–Kier alpha value is -2.38. The first-order valence-electron chi connectivity index (χ1n) is 7.14. The van der Waals surface area contributed by atoms with Gasteiger partial charge in [0.2, 0.25) is 0 Å². The van der Waals surface area contributed by atoms with Gasteiger partial charge in [-0.1, -0.05) is 24.3 Å². The summed E-state index contributed by atoms with van der Waals surface area (Å²) in [6.45, 7) is 2.35. The summed E-state index contributed by atoms with van der Waals surface area (Å²) in [5.74, 6) is 0. The third-order valence-electron chi connectivity index (χ3n) is 4.51. The number of anilines is 1. The number of benzene rings is 1. The first-order chi connectivity index (χ1) is 10.3. The molecule has 2 aromatic rings. The molecule has 1 saturated heterocycles. The van der Waals surface area contributed by atoms with E-state index in [0.29, 0.717) is 12.2 Å². The second-order valence-electron chi connectivity index (χ2n) is 5.62. The molecule has 1 spiro atoms. The highest BCUT2D eigenvalue weighted by atomic mass is 16.5. The second-order valence-corrected chi connectivity index (χ2v) is 5.62. The van der Waals surface area contributed by atoms with Gasteiger partial charge in [-0.25, -0.2) is 0 Å². The van der Waals surface area contributed by atoms with Gasteiger partial charge in [0, 0.05) is 12.7 Å². The van der Waals surface area contributed by atoms with Crippen molar-refractivity contribution in [2.45, 2.75) is 18.6 Å². The number of fused-ring (bicyclic) bond motifs is 2. The van der Waals surface area contributed by atoms with Gasteiger partial charge < -0.3 is 9.64 Å². The Morgan fingerprint density at radius 3 is 3.10 bits per heavy atom. The first-order valence-corrected chi connectivity index (χ1v) is 7.14. The van der Waals surface area contributed by atoms with Crippen LogP contribution in [0.3, 0.4) is 0 Å². The van der Waals surface area contributed by atoms with Crippen molar-refractivity contribution in [2.75, 3.05) is 18.0 Å². The van der Waals surface area contributed by atoms with Crippen molar-refractivity contribution >= 4 is 5.69 Å². The molecule has 4 heteroatoms. The second kappa shape index (κ2) is 4.57. The fraction of sp³-hybridized carbons (Fsp3) is 0.294. The maximum absolute atomic E-state index is 9.26. The predicted molar refractivity (Wildman–Crippen MR) is 78.7 cm³/mol. The highest BCUT2D eigenvalue weighted by Gasteiger charge is 2.45. The van der Waals surface area contributed by atoms with Gasteiger partial charge in [-0.15, -0.1) is 0 Å². The van der Waals surface area contributed by atoms with Crippen molar-refractivity contribution in [1.82, 2.24) is 4.98 Å². The van der Waals surface area contributed by atoms with Crippen LogP contribution in [0, 0.1) is 11.3 Å². The van der Waals surface area contributed by atoms with Crippen LogP contribution in [0.15, 0.2) is 42.7 Å². The van der Waals surface area contributed by atoms with Gasteiger partial charge in [0.15, 0.2) is 0 Å². The topological polar surface area (TPSA) is 49.2 Å². The molecule has 0 saturated carbocycles. The molecule has 1 fully saturated rings. The fourth-order valence-electron chi connectivity index (χ4n) is 3.44. The van der Waals surface area contributed by atoms with E-state index < -0.39 is 0 Å². The van der Waals surface area contributed by atoms with Crippen LogP contribution in [-0.4, -0.2) is 18.1 Å². The molecule has 2 aliphatic rings. The Morgan fingerprint density at radius 1 is 1.29 bits per heavy atom. The lowest BCUT2D eigenvalue weighted by molar-refractivity contribution is -0.0205. The average molecular weight is 277 g/mol. The molecular formula is C17H15N3O. The molecule has 21 heavy (non-hydrogen) atoms. The lowest BCUT2D eigenvalue weighted by Crippen LogP contribution is -2.30. The summed E-state index contributed by atoms with van der Waals surface area (Å²) in [6, 6.07) is 12.4. The molecule has 1 aromatic heterocycles. The molecule has 0 amide bonds. The van der Waals surface area contributed by atoms with Crippen LogP contribution in [0.5, 0.6) is 0 Å². The number of aromatic nitrogens is 1. The zero-order valence-electron chi connectivity index (χ0n) is 11.6. The Kier molecular flexibility index (Phi) is 2.69. The minimum absolute atomic E-state index is 0.223. The summed E-state index contributed by atoms with van der Waals surface area (Å²) in [7, 11) is 0. The Bertz CT molecular complexity index is 737. The van der Waals surface area contributed by atoms with Crippen molar-refractivity contribution < 1.29 is 4.74 Å². The number of hydrogen-bond acceptors (Lipinski definition) is 4. The van der Waals surface area contributed by atoms with Crippen molar-refractivity contribution in [2.24, 2.45) is 0 Å². The number of nitriles is 1. The molecule has 2 aliphatic heterocycles. The van der Waals surface area contributed by atoms with Crippen molar-refractivity contribution in [3.05, 3.63) is 59.4 Å². The highest BCUT2D eigenvalue weighted by molar-refractivity contribution is 5.59. The summed E-state index contributed by atoms with van der Waals surface area (Å²) in [5, 5.41) is 9.26. The molecule has 4 rings (SSSR count). The minimum atomic E-state index is -0.223. The van der Waals surface area contributed by atoms with Crippen LogP contribution in [0.2, 0.25) is 0 Å². The van der Waals surface area contributed by atoms with Crippen molar-refractivity contribution in [1.29, 1.82) is 5.26 Å². The zero-order valence-corrected chi connectivity index (χ0v) is 11.6. The van der Waals surface area contributed by atoms with Crippen LogP contribution >= 0.6 is 0 Å². The first kappa shape index (κ1) is 12.4. The van der Waals surface area contributed by atoms with E-state index in [9.17, 15) is 5.26 Å². The highest BCUT2D eigenvalue weighted by Crippen LogP contribution is 2.44. The smallest absolute Gasteiger partial charge is 0.113 e. The summed E-state index contributed by atoms with van der Waals surface area (Å²) >= 11 is 0. The number of pyridine rings is 1. The molecule has 4 nitrogen and oxygen atoms in total. The number of rotatable bonds is 1. The largest absolute Gasteiger partial charge is 0.366 e. The maximum Gasteiger partial charge on any atom is 0.113 e. The Labute approximate surface area is 123 Å². The monoisotopic (exact) mass is 277 g/mol. The molecule has 0 aliphatic carbocycles. The third kappa shape index (κ3) is 1.82.